The van der Waals surface area contributed by atoms with Crippen LogP contribution in [0.25, 0.3) is 11.0 Å². The van der Waals surface area contributed by atoms with Crippen LogP contribution in [0.2, 0.25) is 0 Å². The molecule has 0 aliphatic rings. The molecule has 1 atom stereocenters. The number of carbonyl (C=O) groups excluding carboxylic acids is 2. The summed E-state index contributed by atoms with van der Waals surface area (Å²) >= 11 is 0. The highest BCUT2D eigenvalue weighted by molar-refractivity contribution is 6.02. The molecule has 2 heterocycles. The highest BCUT2D eigenvalue weighted by Crippen LogP contribution is 2.36. The molecule has 2 aromatic carbocycles. The number of anilines is 1. The Balaban J connectivity index is 1.81. The van der Waals surface area contributed by atoms with Crippen LogP contribution in [0.5, 0.6) is 5.75 Å². The molecule has 1 N–H and O–H groups in total. The zero-order valence-corrected chi connectivity index (χ0v) is 21.6. The van der Waals surface area contributed by atoms with E-state index in [0.29, 0.717) is 35.0 Å². The fourth-order valence-electron chi connectivity index (χ4n) is 4.18. The van der Waals surface area contributed by atoms with Crippen molar-refractivity contribution in [2.45, 2.75) is 39.8 Å². The fourth-order valence-corrected chi connectivity index (χ4v) is 4.18. The van der Waals surface area contributed by atoms with Crippen molar-refractivity contribution >= 4 is 28.5 Å². The Morgan fingerprint density at radius 3 is 2.65 bits per heavy atom. The molecule has 9 nitrogen and oxygen atoms in total. The molecule has 0 bridgehead atoms. The molecule has 4 rings (SSSR count). The molecule has 0 spiro atoms. The van der Waals surface area contributed by atoms with Crippen molar-refractivity contribution in [2.75, 3.05) is 18.6 Å². The highest BCUT2D eigenvalue weighted by atomic mass is 16.5. The van der Waals surface area contributed by atoms with Gasteiger partial charge in [0.25, 0.3) is 0 Å². The van der Waals surface area contributed by atoms with E-state index in [-0.39, 0.29) is 18.4 Å². The summed E-state index contributed by atoms with van der Waals surface area (Å²) in [6, 6.07) is 15.6. The van der Waals surface area contributed by atoms with Gasteiger partial charge < -0.3 is 10.1 Å². The third-order valence-corrected chi connectivity index (χ3v) is 6.10. The van der Waals surface area contributed by atoms with E-state index in [2.05, 4.69) is 34.5 Å². The molecule has 4 aromatic rings. The van der Waals surface area contributed by atoms with Gasteiger partial charge in [-0.2, -0.15) is 0 Å². The van der Waals surface area contributed by atoms with Crippen LogP contribution in [0.3, 0.4) is 0 Å². The lowest BCUT2D eigenvalue weighted by Crippen LogP contribution is -2.45. The van der Waals surface area contributed by atoms with Gasteiger partial charge in [0.05, 0.1) is 18.3 Å². The van der Waals surface area contributed by atoms with Gasteiger partial charge in [-0.05, 0) is 55.2 Å². The van der Waals surface area contributed by atoms with Gasteiger partial charge in [0.2, 0.25) is 11.8 Å². The van der Waals surface area contributed by atoms with Crippen LogP contribution in [0, 0.1) is 12.8 Å². The summed E-state index contributed by atoms with van der Waals surface area (Å²) in [6.45, 7) is 6.50. The molecular weight excluding hydrogens is 468 g/mol. The van der Waals surface area contributed by atoms with Crippen molar-refractivity contribution in [3.63, 3.8) is 0 Å². The number of methoxy groups -OCH3 is 1. The lowest BCUT2D eigenvalue weighted by molar-refractivity contribution is -0.127. The molecule has 0 saturated heterocycles. The van der Waals surface area contributed by atoms with E-state index < -0.39 is 6.04 Å². The summed E-state index contributed by atoms with van der Waals surface area (Å²) in [5, 5.41) is 11.4. The summed E-state index contributed by atoms with van der Waals surface area (Å²) in [7, 11) is 1.55. The summed E-state index contributed by atoms with van der Waals surface area (Å²) in [5.41, 5.74) is 3.41. The quantitative estimate of drug-likeness (QED) is 0.352. The van der Waals surface area contributed by atoms with Gasteiger partial charge in [0.15, 0.2) is 0 Å². The SMILES string of the molecule is COc1ccc(C)cc1N(C(=O)Cn1nnc2ccccc21)[C@H](C(=O)NCCC(C)C)c1cccnc1. The number of rotatable bonds is 10. The molecule has 0 aliphatic heterocycles. The Kier molecular flexibility index (Phi) is 8.12. The highest BCUT2D eigenvalue weighted by Gasteiger charge is 2.35. The van der Waals surface area contributed by atoms with Crippen molar-refractivity contribution in [3.8, 4) is 5.75 Å². The van der Waals surface area contributed by atoms with E-state index in [1.807, 2.05) is 43.3 Å². The van der Waals surface area contributed by atoms with Crippen LogP contribution >= 0.6 is 0 Å². The number of carbonyl (C=O) groups is 2. The Bertz CT molecular complexity index is 1370. The topological polar surface area (TPSA) is 102 Å². The number of hydrogen-bond donors (Lipinski definition) is 1. The van der Waals surface area contributed by atoms with Gasteiger partial charge in [-0.25, -0.2) is 4.68 Å². The number of nitrogens with one attached hydrogen (secondary N) is 1. The molecule has 0 radical (unpaired) electrons. The number of aromatic nitrogens is 4. The summed E-state index contributed by atoms with van der Waals surface area (Å²) in [5.74, 6) is 0.264. The number of nitrogens with zero attached hydrogens (tertiary/aromatic N) is 5. The molecule has 9 heteroatoms. The number of hydrogen-bond acceptors (Lipinski definition) is 6. The normalized spacial score (nSPS) is 11.9. The smallest absolute Gasteiger partial charge is 0.249 e. The lowest BCUT2D eigenvalue weighted by atomic mass is 10.0. The monoisotopic (exact) mass is 500 g/mol. The van der Waals surface area contributed by atoms with E-state index in [0.717, 1.165) is 17.5 Å². The zero-order chi connectivity index (χ0) is 26.4. The molecule has 2 amide bonds. The van der Waals surface area contributed by atoms with Crippen molar-refractivity contribution in [2.24, 2.45) is 5.92 Å². The zero-order valence-electron chi connectivity index (χ0n) is 21.6. The molecule has 0 aliphatic carbocycles. The Morgan fingerprint density at radius 1 is 1.11 bits per heavy atom. The molecule has 0 saturated carbocycles. The minimum Gasteiger partial charge on any atom is -0.495 e. The second kappa shape index (κ2) is 11.6. The fraction of sp³-hybridized carbons (Fsp3) is 0.321. The first kappa shape index (κ1) is 25.8. The van der Waals surface area contributed by atoms with E-state index in [4.69, 9.17) is 4.74 Å². The maximum Gasteiger partial charge on any atom is 0.249 e. The second-order valence-corrected chi connectivity index (χ2v) is 9.34. The van der Waals surface area contributed by atoms with E-state index >= 15 is 0 Å². The molecular formula is C28H32N6O3. The van der Waals surface area contributed by atoms with Crippen molar-refractivity contribution in [3.05, 3.63) is 78.1 Å². The molecule has 37 heavy (non-hydrogen) atoms. The standard InChI is InChI=1S/C28H32N6O3/c1-19(2)13-15-30-28(36)27(21-8-7-14-29-17-21)34(24-16-20(3)11-12-25(24)37-4)26(35)18-33-23-10-6-5-9-22(23)31-32-33/h5-12,14,16-17,19,27H,13,15,18H2,1-4H3,(H,30,36)/t27-/m0/s1. The van der Waals surface area contributed by atoms with E-state index in [9.17, 15) is 9.59 Å². The first-order chi connectivity index (χ1) is 17.9. The molecule has 0 unspecified atom stereocenters. The third kappa shape index (κ3) is 5.94. The van der Waals surface area contributed by atoms with Gasteiger partial charge in [0, 0.05) is 24.5 Å². The van der Waals surface area contributed by atoms with Crippen LogP contribution in [0.4, 0.5) is 5.69 Å². The molecule has 0 fully saturated rings. The number of ether oxygens (including phenoxy) is 1. The number of benzene rings is 2. The Hall–Kier alpha value is -4.27. The van der Waals surface area contributed by atoms with E-state index in [1.165, 1.54) is 4.90 Å². The first-order valence-corrected chi connectivity index (χ1v) is 12.3. The van der Waals surface area contributed by atoms with Crippen molar-refractivity contribution in [1.29, 1.82) is 0 Å². The number of amides is 2. The number of fused-ring (bicyclic) bond motifs is 1. The third-order valence-electron chi connectivity index (χ3n) is 6.10. The largest absolute Gasteiger partial charge is 0.495 e. The molecule has 192 valence electrons. The van der Waals surface area contributed by atoms with Crippen LogP contribution in [0.15, 0.2) is 67.0 Å². The van der Waals surface area contributed by atoms with Gasteiger partial charge in [-0.3, -0.25) is 19.5 Å². The summed E-state index contributed by atoms with van der Waals surface area (Å²) < 4.78 is 7.18. The van der Waals surface area contributed by atoms with Crippen molar-refractivity contribution in [1.82, 2.24) is 25.3 Å². The van der Waals surface area contributed by atoms with Gasteiger partial charge in [-0.1, -0.05) is 43.3 Å². The predicted octanol–water partition coefficient (Wildman–Crippen LogP) is 4.08. The average molecular weight is 501 g/mol. The van der Waals surface area contributed by atoms with Crippen LogP contribution in [-0.2, 0) is 16.1 Å². The first-order valence-electron chi connectivity index (χ1n) is 12.3. The second-order valence-electron chi connectivity index (χ2n) is 9.34. The maximum absolute atomic E-state index is 14.1. The molecule has 2 aromatic heterocycles. The van der Waals surface area contributed by atoms with Crippen LogP contribution in [0.1, 0.15) is 37.4 Å². The van der Waals surface area contributed by atoms with Crippen molar-refractivity contribution < 1.29 is 14.3 Å². The number of pyridine rings is 1. The lowest BCUT2D eigenvalue weighted by Gasteiger charge is -2.32. The van der Waals surface area contributed by atoms with Gasteiger partial charge >= 0.3 is 0 Å². The summed E-state index contributed by atoms with van der Waals surface area (Å²) in [4.78, 5) is 33.6. The number of aryl methyl sites for hydroxylation is 1. The number of para-hydroxylation sites is 1. The van der Waals surface area contributed by atoms with Crippen LogP contribution < -0.4 is 15.0 Å². The maximum atomic E-state index is 14.1. The Labute approximate surface area is 216 Å². The predicted molar refractivity (Wildman–Crippen MR) is 142 cm³/mol. The van der Waals surface area contributed by atoms with E-state index in [1.54, 1.807) is 42.4 Å². The van der Waals surface area contributed by atoms with Gasteiger partial charge in [-0.15, -0.1) is 5.10 Å². The van der Waals surface area contributed by atoms with Crippen LogP contribution in [-0.4, -0.2) is 45.4 Å². The minimum atomic E-state index is -0.973. The Morgan fingerprint density at radius 2 is 1.92 bits per heavy atom. The van der Waals surface area contributed by atoms with Gasteiger partial charge in [0.1, 0.15) is 23.9 Å². The minimum absolute atomic E-state index is 0.117. The average Bonchev–Trinajstić information content (AvgIpc) is 3.30. The summed E-state index contributed by atoms with van der Waals surface area (Å²) in [6.07, 6.45) is 4.07.